The van der Waals surface area contributed by atoms with E-state index in [4.69, 9.17) is 0 Å². The van der Waals surface area contributed by atoms with Crippen molar-refractivity contribution in [3.8, 4) is 0 Å². The number of rotatable bonds is 6. The van der Waals surface area contributed by atoms with Crippen LogP contribution in [0.2, 0.25) is 0 Å². The summed E-state index contributed by atoms with van der Waals surface area (Å²) in [5, 5.41) is 4.21. The molecule has 0 spiro atoms. The first-order valence-corrected chi connectivity index (χ1v) is 9.71. The fourth-order valence-electron chi connectivity index (χ4n) is 3.20. The Balaban J connectivity index is 1.48. The summed E-state index contributed by atoms with van der Waals surface area (Å²) in [5.74, 6) is 1.41. The van der Waals surface area contributed by atoms with E-state index in [-0.39, 0.29) is 5.91 Å². The van der Waals surface area contributed by atoms with Crippen LogP contribution in [0.4, 0.5) is 0 Å². The molecule has 0 atom stereocenters. The van der Waals surface area contributed by atoms with Crippen LogP contribution in [0.25, 0.3) is 0 Å². The van der Waals surface area contributed by atoms with E-state index in [9.17, 15) is 4.79 Å². The normalized spacial score (nSPS) is 16.3. The second-order valence-electron chi connectivity index (χ2n) is 6.27. The molecule has 0 saturated carbocycles. The Morgan fingerprint density at radius 3 is 3.00 bits per heavy atom. The molecule has 0 radical (unpaired) electrons. The quantitative estimate of drug-likeness (QED) is 0.807. The number of carbonyl (C=O) groups excluding carboxylic acids is 1. The minimum atomic E-state index is 0.290. The molecule has 1 amide bonds. The van der Waals surface area contributed by atoms with Crippen molar-refractivity contribution >= 4 is 17.2 Å². The number of thiophene rings is 1. The molecule has 6 heteroatoms. The molecule has 130 valence electrons. The largest absolute Gasteiger partial charge is 0.341 e. The predicted octanol–water partition coefficient (Wildman–Crippen LogP) is 2.63. The Morgan fingerprint density at radius 2 is 2.21 bits per heavy atom. The first kappa shape index (κ1) is 17.2. The minimum absolute atomic E-state index is 0.290. The van der Waals surface area contributed by atoms with E-state index in [1.165, 1.54) is 5.56 Å². The maximum atomic E-state index is 12.5. The molecule has 0 bridgehead atoms. The van der Waals surface area contributed by atoms with Crippen molar-refractivity contribution in [2.24, 2.45) is 0 Å². The Morgan fingerprint density at radius 1 is 1.29 bits per heavy atom. The first-order chi connectivity index (χ1) is 11.8. The molecule has 24 heavy (non-hydrogen) atoms. The number of nitrogens with zero attached hydrogens (tertiary/aromatic N) is 4. The average molecular weight is 347 g/mol. The van der Waals surface area contributed by atoms with Crippen LogP contribution >= 0.6 is 11.3 Å². The van der Waals surface area contributed by atoms with Gasteiger partial charge >= 0.3 is 0 Å². The molecular formula is C18H26N4OS. The van der Waals surface area contributed by atoms with Gasteiger partial charge in [0.1, 0.15) is 5.82 Å². The highest BCUT2D eigenvalue weighted by Crippen LogP contribution is 2.12. The molecule has 2 aromatic heterocycles. The van der Waals surface area contributed by atoms with E-state index in [1.54, 1.807) is 11.3 Å². The van der Waals surface area contributed by atoms with Crippen LogP contribution < -0.4 is 0 Å². The lowest BCUT2D eigenvalue weighted by atomic mass is 10.2. The topological polar surface area (TPSA) is 41.4 Å². The Labute approximate surface area is 147 Å². The van der Waals surface area contributed by atoms with E-state index >= 15 is 0 Å². The third-order valence-electron chi connectivity index (χ3n) is 4.66. The van der Waals surface area contributed by atoms with E-state index in [1.807, 2.05) is 17.3 Å². The molecular weight excluding hydrogens is 320 g/mol. The third kappa shape index (κ3) is 4.45. The van der Waals surface area contributed by atoms with Crippen molar-refractivity contribution in [3.63, 3.8) is 0 Å². The van der Waals surface area contributed by atoms with Crippen LogP contribution in [0.1, 0.15) is 31.2 Å². The third-order valence-corrected chi connectivity index (χ3v) is 5.39. The molecule has 1 fully saturated rings. The highest BCUT2D eigenvalue weighted by molar-refractivity contribution is 7.07. The molecule has 1 saturated heterocycles. The number of aryl methyl sites for hydroxylation is 2. The summed E-state index contributed by atoms with van der Waals surface area (Å²) in [4.78, 5) is 21.4. The van der Waals surface area contributed by atoms with Crippen molar-refractivity contribution in [3.05, 3.63) is 40.6 Å². The van der Waals surface area contributed by atoms with Gasteiger partial charge in [-0.05, 0) is 42.2 Å². The van der Waals surface area contributed by atoms with Gasteiger partial charge in [0.05, 0.1) is 6.54 Å². The van der Waals surface area contributed by atoms with Crippen LogP contribution in [0.5, 0.6) is 0 Å². The van der Waals surface area contributed by atoms with Crippen molar-refractivity contribution < 1.29 is 4.79 Å². The zero-order valence-electron chi connectivity index (χ0n) is 14.4. The smallest absolute Gasteiger partial charge is 0.222 e. The lowest BCUT2D eigenvalue weighted by Crippen LogP contribution is -2.35. The summed E-state index contributed by atoms with van der Waals surface area (Å²) in [6, 6.07) is 2.11. The molecule has 2 aromatic rings. The van der Waals surface area contributed by atoms with E-state index in [0.29, 0.717) is 6.42 Å². The minimum Gasteiger partial charge on any atom is -0.341 e. The van der Waals surface area contributed by atoms with Gasteiger partial charge in [0.15, 0.2) is 0 Å². The number of hydrogen-bond acceptors (Lipinski definition) is 4. The lowest BCUT2D eigenvalue weighted by Gasteiger charge is -2.22. The van der Waals surface area contributed by atoms with Gasteiger partial charge in [0, 0.05) is 51.5 Å². The van der Waals surface area contributed by atoms with E-state index in [0.717, 1.165) is 57.9 Å². The molecule has 3 heterocycles. The standard InChI is InChI=1S/C18H26N4OS/c1-2-21-10-7-19-17(21)14-20-8-3-9-22(12-11-20)18(23)5-4-16-6-13-24-15-16/h6-7,10,13,15H,2-5,8-9,11-12,14H2,1H3. The summed E-state index contributed by atoms with van der Waals surface area (Å²) in [6.07, 6.45) is 6.43. The highest BCUT2D eigenvalue weighted by atomic mass is 32.1. The van der Waals surface area contributed by atoms with Crippen molar-refractivity contribution in [1.82, 2.24) is 19.4 Å². The van der Waals surface area contributed by atoms with E-state index in [2.05, 4.69) is 38.2 Å². The van der Waals surface area contributed by atoms with Crippen LogP contribution in [0, 0.1) is 0 Å². The summed E-state index contributed by atoms with van der Waals surface area (Å²) in [5.41, 5.74) is 1.27. The Bertz CT molecular complexity index is 637. The monoisotopic (exact) mass is 346 g/mol. The van der Waals surface area contributed by atoms with Gasteiger partial charge in [-0.1, -0.05) is 0 Å². The molecule has 5 nitrogen and oxygen atoms in total. The summed E-state index contributed by atoms with van der Waals surface area (Å²) < 4.78 is 2.19. The number of imidazole rings is 1. The summed E-state index contributed by atoms with van der Waals surface area (Å²) >= 11 is 1.70. The second-order valence-corrected chi connectivity index (χ2v) is 7.05. The lowest BCUT2D eigenvalue weighted by molar-refractivity contribution is -0.131. The molecule has 3 rings (SSSR count). The zero-order valence-corrected chi connectivity index (χ0v) is 15.2. The van der Waals surface area contributed by atoms with Crippen molar-refractivity contribution in [2.45, 2.75) is 39.3 Å². The zero-order chi connectivity index (χ0) is 16.8. The van der Waals surface area contributed by atoms with Gasteiger partial charge in [-0.3, -0.25) is 9.69 Å². The maximum absolute atomic E-state index is 12.5. The Kier molecular flexibility index (Phi) is 6.04. The molecule has 1 aliphatic heterocycles. The molecule has 1 aliphatic rings. The number of amides is 1. The fraction of sp³-hybridized carbons (Fsp3) is 0.556. The van der Waals surface area contributed by atoms with Gasteiger partial charge < -0.3 is 9.47 Å². The molecule has 0 aliphatic carbocycles. The first-order valence-electron chi connectivity index (χ1n) is 8.77. The average Bonchev–Trinajstić information content (AvgIpc) is 3.21. The fourth-order valence-corrected chi connectivity index (χ4v) is 3.91. The van der Waals surface area contributed by atoms with Crippen LogP contribution in [-0.4, -0.2) is 51.4 Å². The van der Waals surface area contributed by atoms with Gasteiger partial charge in [-0.15, -0.1) is 0 Å². The molecule has 0 unspecified atom stereocenters. The van der Waals surface area contributed by atoms with Crippen LogP contribution in [0.3, 0.4) is 0 Å². The van der Waals surface area contributed by atoms with E-state index < -0.39 is 0 Å². The molecule has 0 aromatic carbocycles. The van der Waals surface area contributed by atoms with Gasteiger partial charge in [-0.25, -0.2) is 4.98 Å². The highest BCUT2D eigenvalue weighted by Gasteiger charge is 2.20. The predicted molar refractivity (Wildman–Crippen MR) is 97.0 cm³/mol. The maximum Gasteiger partial charge on any atom is 0.222 e. The van der Waals surface area contributed by atoms with Gasteiger partial charge in [-0.2, -0.15) is 11.3 Å². The van der Waals surface area contributed by atoms with Crippen molar-refractivity contribution in [1.29, 1.82) is 0 Å². The number of aromatic nitrogens is 2. The summed E-state index contributed by atoms with van der Waals surface area (Å²) in [6.45, 7) is 7.64. The summed E-state index contributed by atoms with van der Waals surface area (Å²) in [7, 11) is 0. The Hall–Kier alpha value is -1.66. The number of carbonyl (C=O) groups is 1. The second kappa shape index (κ2) is 8.44. The number of hydrogen-bond donors (Lipinski definition) is 0. The van der Waals surface area contributed by atoms with Gasteiger partial charge in [0.2, 0.25) is 5.91 Å². The van der Waals surface area contributed by atoms with Crippen LogP contribution in [-0.2, 0) is 24.3 Å². The van der Waals surface area contributed by atoms with Crippen molar-refractivity contribution in [2.75, 3.05) is 26.2 Å². The SMILES string of the molecule is CCn1ccnc1CN1CCCN(C(=O)CCc2ccsc2)CC1. The molecule has 0 N–H and O–H groups in total. The van der Waals surface area contributed by atoms with Gasteiger partial charge in [0.25, 0.3) is 0 Å². The van der Waals surface area contributed by atoms with Crippen LogP contribution in [0.15, 0.2) is 29.2 Å².